The molecule has 23 heavy (non-hydrogen) atoms. The van der Waals surface area contributed by atoms with Crippen LogP contribution in [0.3, 0.4) is 0 Å². The van der Waals surface area contributed by atoms with E-state index in [4.69, 9.17) is 4.98 Å². The van der Waals surface area contributed by atoms with Gasteiger partial charge in [-0.05, 0) is 85.0 Å². The zero-order chi connectivity index (χ0) is 16.1. The van der Waals surface area contributed by atoms with Crippen LogP contribution in [0.4, 0.5) is 5.95 Å². The molecule has 3 heterocycles. The lowest BCUT2D eigenvalue weighted by molar-refractivity contribution is 0.208. The first-order valence-electron chi connectivity index (χ1n) is 8.03. The SMILES string of the molecule is OCC1CCCN(c2nc3c(Br)c(Br)c(Br)c4c3n2CCC4)C1. The van der Waals surface area contributed by atoms with Crippen LogP contribution in [-0.4, -0.2) is 34.4 Å². The van der Waals surface area contributed by atoms with Crippen molar-refractivity contribution in [2.75, 3.05) is 24.6 Å². The van der Waals surface area contributed by atoms with Gasteiger partial charge in [-0.25, -0.2) is 4.98 Å². The third-order valence-electron chi connectivity index (χ3n) is 4.96. The molecule has 1 aromatic carbocycles. The fourth-order valence-corrected chi connectivity index (χ4v) is 5.58. The second-order valence-corrected chi connectivity index (χ2v) is 8.80. The maximum Gasteiger partial charge on any atom is 0.206 e. The number of nitrogens with zero attached hydrogens (tertiary/aromatic N) is 3. The van der Waals surface area contributed by atoms with Crippen LogP contribution >= 0.6 is 47.8 Å². The number of hydrogen-bond acceptors (Lipinski definition) is 3. The molecule has 1 fully saturated rings. The number of anilines is 1. The number of aliphatic hydroxyl groups is 1. The van der Waals surface area contributed by atoms with Crippen LogP contribution in [0.1, 0.15) is 24.8 Å². The van der Waals surface area contributed by atoms with Crippen molar-refractivity contribution in [3.63, 3.8) is 0 Å². The summed E-state index contributed by atoms with van der Waals surface area (Å²) in [4.78, 5) is 7.34. The van der Waals surface area contributed by atoms with Gasteiger partial charge in [0.25, 0.3) is 0 Å². The summed E-state index contributed by atoms with van der Waals surface area (Å²) in [5.41, 5.74) is 3.63. The van der Waals surface area contributed by atoms with Crippen molar-refractivity contribution in [1.29, 1.82) is 0 Å². The maximum absolute atomic E-state index is 9.52. The van der Waals surface area contributed by atoms with Gasteiger partial charge < -0.3 is 14.6 Å². The normalized spacial score (nSPS) is 21.2. The van der Waals surface area contributed by atoms with Gasteiger partial charge in [0, 0.05) is 35.2 Å². The standard InChI is InChI=1S/C16H18Br3N3O/c17-11-10-4-2-6-22-15(10)14(13(19)12(11)18)20-16(22)21-5-1-3-9(7-21)8-23/h9,23H,1-8H2. The molecule has 124 valence electrons. The van der Waals surface area contributed by atoms with Gasteiger partial charge >= 0.3 is 0 Å². The van der Waals surface area contributed by atoms with Crippen LogP contribution in [0, 0.1) is 5.92 Å². The lowest BCUT2D eigenvalue weighted by Gasteiger charge is -2.33. The highest BCUT2D eigenvalue weighted by Gasteiger charge is 2.29. The predicted octanol–water partition coefficient (Wildman–Crippen LogP) is 4.48. The summed E-state index contributed by atoms with van der Waals surface area (Å²) < 4.78 is 5.57. The summed E-state index contributed by atoms with van der Waals surface area (Å²) >= 11 is 11.1. The lowest BCUT2D eigenvalue weighted by atomic mass is 9.99. The number of imidazole rings is 1. The molecular weight excluding hydrogens is 490 g/mol. The number of benzene rings is 1. The van der Waals surface area contributed by atoms with Crippen molar-refractivity contribution in [2.24, 2.45) is 5.92 Å². The molecule has 4 rings (SSSR count). The fourth-order valence-electron chi connectivity index (χ4n) is 3.83. The van der Waals surface area contributed by atoms with E-state index in [2.05, 4.69) is 57.3 Å². The van der Waals surface area contributed by atoms with E-state index in [1.807, 2.05) is 0 Å². The number of rotatable bonds is 2. The fraction of sp³-hybridized carbons (Fsp3) is 0.562. The highest BCUT2D eigenvalue weighted by atomic mass is 79.9. The summed E-state index contributed by atoms with van der Waals surface area (Å²) in [5.74, 6) is 1.42. The lowest BCUT2D eigenvalue weighted by Crippen LogP contribution is -2.38. The Morgan fingerprint density at radius 1 is 1.09 bits per heavy atom. The van der Waals surface area contributed by atoms with Gasteiger partial charge in [0.05, 0.1) is 9.99 Å². The van der Waals surface area contributed by atoms with Crippen LogP contribution in [0.2, 0.25) is 0 Å². The molecule has 0 saturated carbocycles. The Morgan fingerprint density at radius 3 is 2.70 bits per heavy atom. The monoisotopic (exact) mass is 505 g/mol. The van der Waals surface area contributed by atoms with E-state index in [1.165, 1.54) is 11.1 Å². The smallest absolute Gasteiger partial charge is 0.206 e. The Labute approximate surface area is 160 Å². The summed E-state index contributed by atoms with van der Waals surface area (Å²) in [5, 5.41) is 9.52. The van der Waals surface area contributed by atoms with Crippen LogP contribution < -0.4 is 4.90 Å². The van der Waals surface area contributed by atoms with Crippen LogP contribution in [-0.2, 0) is 13.0 Å². The molecule has 2 aliphatic heterocycles. The van der Waals surface area contributed by atoms with Gasteiger partial charge in [0.2, 0.25) is 5.95 Å². The van der Waals surface area contributed by atoms with E-state index in [0.717, 1.165) is 70.2 Å². The van der Waals surface area contributed by atoms with Crippen LogP contribution in [0.25, 0.3) is 11.0 Å². The van der Waals surface area contributed by atoms with E-state index < -0.39 is 0 Å². The Hall–Kier alpha value is -0.110. The highest BCUT2D eigenvalue weighted by molar-refractivity contribution is 9.14. The van der Waals surface area contributed by atoms with Gasteiger partial charge in [-0.3, -0.25) is 0 Å². The van der Waals surface area contributed by atoms with E-state index in [0.29, 0.717) is 5.92 Å². The molecule has 1 atom stereocenters. The quantitative estimate of drug-likeness (QED) is 0.609. The zero-order valence-electron chi connectivity index (χ0n) is 12.7. The topological polar surface area (TPSA) is 41.3 Å². The molecule has 0 bridgehead atoms. The number of aryl methyl sites for hydroxylation is 2. The van der Waals surface area contributed by atoms with E-state index in [9.17, 15) is 5.11 Å². The van der Waals surface area contributed by atoms with E-state index in [1.54, 1.807) is 0 Å². The van der Waals surface area contributed by atoms with Crippen molar-refractivity contribution in [2.45, 2.75) is 32.2 Å². The van der Waals surface area contributed by atoms with Crippen LogP contribution in [0.15, 0.2) is 13.4 Å². The van der Waals surface area contributed by atoms with Gasteiger partial charge in [0.1, 0.15) is 5.52 Å². The van der Waals surface area contributed by atoms with Gasteiger partial charge in [-0.15, -0.1) is 0 Å². The van der Waals surface area contributed by atoms with Crippen molar-refractivity contribution in [3.05, 3.63) is 19.0 Å². The largest absolute Gasteiger partial charge is 0.396 e. The Bertz CT molecular complexity index is 774. The zero-order valence-corrected chi connectivity index (χ0v) is 17.4. The van der Waals surface area contributed by atoms with Gasteiger partial charge in [-0.1, -0.05) is 0 Å². The third kappa shape index (κ3) is 2.58. The first kappa shape index (κ1) is 16.4. The maximum atomic E-state index is 9.52. The molecule has 2 aliphatic rings. The number of aliphatic hydroxyl groups excluding tert-OH is 1. The molecule has 2 aromatic rings. The predicted molar refractivity (Wildman–Crippen MR) is 103 cm³/mol. The Kier molecular flexibility index (Phi) is 4.49. The minimum Gasteiger partial charge on any atom is -0.396 e. The molecular formula is C16H18Br3N3O. The molecule has 0 spiro atoms. The second-order valence-electron chi connectivity index (χ2n) is 6.42. The first-order valence-corrected chi connectivity index (χ1v) is 10.4. The molecule has 1 saturated heterocycles. The highest BCUT2D eigenvalue weighted by Crippen LogP contribution is 2.44. The van der Waals surface area contributed by atoms with Crippen molar-refractivity contribution >= 4 is 64.8 Å². The summed E-state index contributed by atoms with van der Waals surface area (Å²) in [7, 11) is 0. The molecule has 0 radical (unpaired) electrons. The molecule has 7 heteroatoms. The van der Waals surface area contributed by atoms with E-state index >= 15 is 0 Å². The molecule has 4 nitrogen and oxygen atoms in total. The molecule has 0 amide bonds. The summed E-state index contributed by atoms with van der Waals surface area (Å²) in [6.45, 7) is 3.20. The average molecular weight is 508 g/mol. The Balaban J connectivity index is 1.89. The minimum atomic E-state index is 0.267. The Morgan fingerprint density at radius 2 is 1.91 bits per heavy atom. The average Bonchev–Trinajstić information content (AvgIpc) is 2.98. The summed E-state index contributed by atoms with van der Waals surface area (Å²) in [6, 6.07) is 0. The molecule has 0 aliphatic carbocycles. The minimum absolute atomic E-state index is 0.267. The van der Waals surface area contributed by atoms with Gasteiger partial charge in [0.15, 0.2) is 0 Å². The van der Waals surface area contributed by atoms with Crippen molar-refractivity contribution in [1.82, 2.24) is 9.55 Å². The third-order valence-corrected chi connectivity index (χ3v) is 8.46. The van der Waals surface area contributed by atoms with Gasteiger partial charge in [-0.2, -0.15) is 0 Å². The van der Waals surface area contributed by atoms with E-state index in [-0.39, 0.29) is 6.61 Å². The van der Waals surface area contributed by atoms with Crippen molar-refractivity contribution < 1.29 is 5.11 Å². The van der Waals surface area contributed by atoms with Crippen LogP contribution in [0.5, 0.6) is 0 Å². The summed E-state index contributed by atoms with van der Waals surface area (Å²) in [6.07, 6.45) is 4.44. The van der Waals surface area contributed by atoms with Crippen molar-refractivity contribution in [3.8, 4) is 0 Å². The molecule has 1 aromatic heterocycles. The first-order chi connectivity index (χ1) is 11.1. The number of aromatic nitrogens is 2. The number of piperidine rings is 1. The number of hydrogen-bond donors (Lipinski definition) is 1. The molecule has 1 unspecified atom stereocenters. The number of halogens is 3. The second kappa shape index (κ2) is 6.32. The molecule has 1 N–H and O–H groups in total.